The predicted molar refractivity (Wildman–Crippen MR) is 72.7 cm³/mol. The molecule has 0 unspecified atom stereocenters. The van der Waals surface area contributed by atoms with E-state index in [2.05, 4.69) is 34.1 Å². The molecule has 94 valence electrons. The SMILES string of the molecule is CC(C)c1c(Cl)ncnc1NCc1ccncc1. The van der Waals surface area contributed by atoms with Crippen molar-refractivity contribution in [2.24, 2.45) is 0 Å². The van der Waals surface area contributed by atoms with E-state index in [1.54, 1.807) is 12.4 Å². The Hall–Kier alpha value is -1.68. The molecule has 2 aromatic rings. The minimum Gasteiger partial charge on any atom is -0.366 e. The molecule has 2 heterocycles. The van der Waals surface area contributed by atoms with Crippen LogP contribution >= 0.6 is 11.6 Å². The van der Waals surface area contributed by atoms with Crippen molar-refractivity contribution in [3.63, 3.8) is 0 Å². The minimum atomic E-state index is 0.277. The highest BCUT2D eigenvalue weighted by Crippen LogP contribution is 2.28. The lowest BCUT2D eigenvalue weighted by molar-refractivity contribution is 0.844. The monoisotopic (exact) mass is 262 g/mol. The predicted octanol–water partition coefficient (Wildman–Crippen LogP) is 3.26. The summed E-state index contributed by atoms with van der Waals surface area (Å²) in [5, 5.41) is 3.80. The molecule has 1 N–H and O–H groups in total. The van der Waals surface area contributed by atoms with Crippen molar-refractivity contribution in [2.45, 2.75) is 26.3 Å². The molecule has 2 aromatic heterocycles. The second kappa shape index (κ2) is 5.78. The highest BCUT2D eigenvalue weighted by molar-refractivity contribution is 6.30. The van der Waals surface area contributed by atoms with Crippen LogP contribution < -0.4 is 5.32 Å². The molecule has 4 nitrogen and oxygen atoms in total. The van der Waals surface area contributed by atoms with Crippen molar-refractivity contribution in [3.05, 3.63) is 47.1 Å². The van der Waals surface area contributed by atoms with Gasteiger partial charge in [0, 0.05) is 24.5 Å². The van der Waals surface area contributed by atoms with Crippen molar-refractivity contribution in [3.8, 4) is 0 Å². The highest BCUT2D eigenvalue weighted by atomic mass is 35.5. The summed E-state index contributed by atoms with van der Waals surface area (Å²) in [7, 11) is 0. The summed E-state index contributed by atoms with van der Waals surface area (Å²) < 4.78 is 0. The fourth-order valence-electron chi connectivity index (χ4n) is 1.71. The van der Waals surface area contributed by atoms with Crippen LogP contribution in [0.4, 0.5) is 5.82 Å². The fourth-order valence-corrected chi connectivity index (χ4v) is 2.06. The van der Waals surface area contributed by atoms with Crippen molar-refractivity contribution >= 4 is 17.4 Å². The van der Waals surface area contributed by atoms with Gasteiger partial charge < -0.3 is 5.32 Å². The maximum Gasteiger partial charge on any atom is 0.138 e. The van der Waals surface area contributed by atoms with E-state index in [-0.39, 0.29) is 5.92 Å². The van der Waals surface area contributed by atoms with E-state index >= 15 is 0 Å². The Morgan fingerprint density at radius 3 is 2.61 bits per heavy atom. The molecule has 0 spiro atoms. The van der Waals surface area contributed by atoms with Gasteiger partial charge in [0.2, 0.25) is 0 Å². The Morgan fingerprint density at radius 1 is 1.22 bits per heavy atom. The average Bonchev–Trinajstić information content (AvgIpc) is 2.37. The maximum absolute atomic E-state index is 6.11. The van der Waals surface area contributed by atoms with Crippen LogP contribution in [0, 0.1) is 0 Å². The maximum atomic E-state index is 6.11. The molecule has 0 aliphatic heterocycles. The lowest BCUT2D eigenvalue weighted by Gasteiger charge is -2.14. The third-order valence-corrected chi connectivity index (χ3v) is 2.92. The Kier molecular flexibility index (Phi) is 4.10. The van der Waals surface area contributed by atoms with Crippen LogP contribution in [0.2, 0.25) is 5.15 Å². The first-order valence-corrected chi connectivity index (χ1v) is 6.19. The first-order chi connectivity index (χ1) is 8.68. The van der Waals surface area contributed by atoms with Gasteiger partial charge in [-0.25, -0.2) is 9.97 Å². The van der Waals surface area contributed by atoms with Crippen molar-refractivity contribution in [1.82, 2.24) is 15.0 Å². The number of hydrogen-bond donors (Lipinski definition) is 1. The summed E-state index contributed by atoms with van der Waals surface area (Å²) in [5.74, 6) is 1.07. The molecule has 0 aliphatic carbocycles. The van der Waals surface area contributed by atoms with E-state index < -0.39 is 0 Å². The Bertz CT molecular complexity index is 514. The first kappa shape index (κ1) is 12.8. The Balaban J connectivity index is 2.17. The zero-order chi connectivity index (χ0) is 13.0. The fraction of sp³-hybridized carbons (Fsp3) is 0.308. The van der Waals surface area contributed by atoms with E-state index in [9.17, 15) is 0 Å². The third-order valence-electron chi connectivity index (χ3n) is 2.62. The van der Waals surface area contributed by atoms with Gasteiger partial charge in [0.1, 0.15) is 17.3 Å². The molecule has 0 bridgehead atoms. The zero-order valence-electron chi connectivity index (χ0n) is 10.4. The van der Waals surface area contributed by atoms with Gasteiger partial charge in [0.05, 0.1) is 0 Å². The molecule has 0 fully saturated rings. The molecule has 0 saturated heterocycles. The van der Waals surface area contributed by atoms with Crippen LogP contribution in [0.15, 0.2) is 30.9 Å². The molecule has 0 atom stereocenters. The largest absolute Gasteiger partial charge is 0.366 e. The van der Waals surface area contributed by atoms with Crippen LogP contribution in [0.1, 0.15) is 30.9 Å². The van der Waals surface area contributed by atoms with Crippen LogP contribution in [0.5, 0.6) is 0 Å². The molecule has 0 saturated carbocycles. The standard InChI is InChI=1S/C13H15ClN4/c1-9(2)11-12(14)17-8-18-13(11)16-7-10-3-5-15-6-4-10/h3-6,8-9H,7H2,1-2H3,(H,16,17,18). The van der Waals surface area contributed by atoms with E-state index in [0.29, 0.717) is 11.7 Å². The third kappa shape index (κ3) is 2.96. The number of halogens is 1. The zero-order valence-corrected chi connectivity index (χ0v) is 11.1. The highest BCUT2D eigenvalue weighted by Gasteiger charge is 2.13. The number of rotatable bonds is 4. The van der Waals surface area contributed by atoms with Gasteiger partial charge in [-0.1, -0.05) is 25.4 Å². The lowest BCUT2D eigenvalue weighted by Crippen LogP contribution is -2.07. The second-order valence-electron chi connectivity index (χ2n) is 4.29. The molecular weight excluding hydrogens is 248 g/mol. The molecule has 0 radical (unpaired) electrons. The number of aromatic nitrogens is 3. The van der Waals surface area contributed by atoms with Crippen molar-refractivity contribution in [2.75, 3.05) is 5.32 Å². The topological polar surface area (TPSA) is 50.7 Å². The number of pyridine rings is 1. The summed E-state index contributed by atoms with van der Waals surface area (Å²) in [5.41, 5.74) is 2.10. The lowest BCUT2D eigenvalue weighted by atomic mass is 10.1. The van der Waals surface area contributed by atoms with Crippen molar-refractivity contribution in [1.29, 1.82) is 0 Å². The van der Waals surface area contributed by atoms with Gasteiger partial charge in [-0.2, -0.15) is 0 Å². The molecule has 0 aromatic carbocycles. The van der Waals surface area contributed by atoms with E-state index in [0.717, 1.165) is 16.9 Å². The normalized spacial score (nSPS) is 10.7. The summed E-state index contributed by atoms with van der Waals surface area (Å²) in [6.45, 7) is 4.83. The summed E-state index contributed by atoms with van der Waals surface area (Å²) >= 11 is 6.11. The molecule has 2 rings (SSSR count). The van der Waals surface area contributed by atoms with E-state index in [4.69, 9.17) is 11.6 Å². The number of anilines is 1. The Morgan fingerprint density at radius 2 is 1.94 bits per heavy atom. The van der Waals surface area contributed by atoms with Crippen LogP contribution in [-0.2, 0) is 6.54 Å². The summed E-state index contributed by atoms with van der Waals surface area (Å²) in [6.07, 6.45) is 5.02. The number of nitrogens with zero attached hydrogens (tertiary/aromatic N) is 3. The van der Waals surface area contributed by atoms with Gasteiger partial charge in [-0.15, -0.1) is 0 Å². The van der Waals surface area contributed by atoms with Gasteiger partial charge >= 0.3 is 0 Å². The van der Waals surface area contributed by atoms with E-state index in [1.807, 2.05) is 12.1 Å². The molecule has 18 heavy (non-hydrogen) atoms. The minimum absolute atomic E-state index is 0.277. The smallest absolute Gasteiger partial charge is 0.138 e. The van der Waals surface area contributed by atoms with Gasteiger partial charge in [0.25, 0.3) is 0 Å². The molecule has 0 aliphatic rings. The van der Waals surface area contributed by atoms with Crippen LogP contribution in [0.25, 0.3) is 0 Å². The first-order valence-electron chi connectivity index (χ1n) is 5.81. The van der Waals surface area contributed by atoms with Gasteiger partial charge in [-0.3, -0.25) is 4.98 Å². The average molecular weight is 263 g/mol. The van der Waals surface area contributed by atoms with Gasteiger partial charge in [-0.05, 0) is 23.6 Å². The quantitative estimate of drug-likeness (QED) is 0.860. The molecular formula is C13H15ClN4. The molecule has 5 heteroatoms. The summed E-state index contributed by atoms with van der Waals surface area (Å²) in [6, 6.07) is 3.93. The number of nitrogens with one attached hydrogen (secondary N) is 1. The summed E-state index contributed by atoms with van der Waals surface area (Å²) in [4.78, 5) is 12.3. The van der Waals surface area contributed by atoms with Gasteiger partial charge in [0.15, 0.2) is 0 Å². The van der Waals surface area contributed by atoms with Crippen molar-refractivity contribution < 1.29 is 0 Å². The van der Waals surface area contributed by atoms with E-state index in [1.165, 1.54) is 6.33 Å². The second-order valence-corrected chi connectivity index (χ2v) is 4.65. The number of hydrogen-bond acceptors (Lipinski definition) is 4. The van der Waals surface area contributed by atoms with Crippen LogP contribution in [-0.4, -0.2) is 15.0 Å². The Labute approximate surface area is 111 Å². The van der Waals surface area contributed by atoms with Crippen LogP contribution in [0.3, 0.4) is 0 Å². The molecule has 0 amide bonds.